The summed E-state index contributed by atoms with van der Waals surface area (Å²) < 4.78 is 0. The number of carbonyl (C=O) groups is 2. The van der Waals surface area contributed by atoms with E-state index in [0.717, 1.165) is 24.5 Å². The second kappa shape index (κ2) is 7.97. The first-order valence-electron chi connectivity index (χ1n) is 8.60. The minimum Gasteiger partial charge on any atom is -0.355 e. The van der Waals surface area contributed by atoms with Crippen LogP contribution in [0.4, 0.5) is 17.1 Å². The highest BCUT2D eigenvalue weighted by Gasteiger charge is 2.21. The summed E-state index contributed by atoms with van der Waals surface area (Å²) in [7, 11) is 2.06. The highest BCUT2D eigenvalue weighted by Crippen LogP contribution is 2.21. The van der Waals surface area contributed by atoms with Gasteiger partial charge in [-0.1, -0.05) is 6.07 Å². The predicted octanol–water partition coefficient (Wildman–Crippen LogP) is 2.17. The number of likely N-dealkylation sites (N-methyl/N-ethyl adjacent to an activating group) is 1. The molecule has 0 unspecified atom stereocenters. The maximum Gasteiger partial charge on any atom is 0.272 e. The van der Waals surface area contributed by atoms with Crippen molar-refractivity contribution in [2.45, 2.75) is 6.92 Å². The molecule has 2 N–H and O–H groups in total. The van der Waals surface area contributed by atoms with Crippen molar-refractivity contribution in [3.05, 3.63) is 48.3 Å². The lowest BCUT2D eigenvalue weighted by Gasteiger charge is -2.32. The van der Waals surface area contributed by atoms with Crippen LogP contribution < -0.4 is 10.6 Å². The van der Waals surface area contributed by atoms with E-state index in [1.807, 2.05) is 35.2 Å². The van der Waals surface area contributed by atoms with E-state index < -0.39 is 0 Å². The Morgan fingerprint density at radius 2 is 1.69 bits per heavy atom. The molecule has 7 nitrogen and oxygen atoms in total. The summed E-state index contributed by atoms with van der Waals surface area (Å²) in [5.74, 6) is -0.167. The Bertz CT molecular complexity index is 800. The van der Waals surface area contributed by atoms with Crippen LogP contribution in [-0.2, 0) is 4.79 Å². The van der Waals surface area contributed by atoms with Crippen LogP contribution in [0.5, 0.6) is 0 Å². The Kier molecular flexibility index (Phi) is 5.48. The predicted molar refractivity (Wildman–Crippen MR) is 102 cm³/mol. The highest BCUT2D eigenvalue weighted by atomic mass is 16.2. The van der Waals surface area contributed by atoms with Crippen LogP contribution in [0.1, 0.15) is 17.4 Å². The van der Waals surface area contributed by atoms with Crippen molar-refractivity contribution in [1.82, 2.24) is 14.8 Å². The summed E-state index contributed by atoms with van der Waals surface area (Å²) >= 11 is 0. The van der Waals surface area contributed by atoms with Gasteiger partial charge >= 0.3 is 0 Å². The minimum absolute atomic E-state index is 0.0475. The molecule has 2 amide bonds. The second-order valence-electron chi connectivity index (χ2n) is 6.41. The first-order chi connectivity index (χ1) is 12.5. The van der Waals surface area contributed by atoms with Gasteiger partial charge in [0, 0.05) is 56.4 Å². The molecule has 1 aromatic heterocycles. The zero-order valence-electron chi connectivity index (χ0n) is 15.0. The van der Waals surface area contributed by atoms with Gasteiger partial charge in [0.25, 0.3) is 5.91 Å². The molecule has 0 saturated carbocycles. The zero-order chi connectivity index (χ0) is 18.5. The minimum atomic E-state index is -0.119. The van der Waals surface area contributed by atoms with Gasteiger partial charge in [-0.05, 0) is 37.4 Å². The molecule has 0 radical (unpaired) electrons. The first kappa shape index (κ1) is 17.9. The van der Waals surface area contributed by atoms with Gasteiger partial charge in [-0.2, -0.15) is 0 Å². The molecular weight excluding hydrogens is 330 g/mol. The number of anilines is 3. The Morgan fingerprint density at radius 3 is 2.42 bits per heavy atom. The van der Waals surface area contributed by atoms with Crippen molar-refractivity contribution in [2.24, 2.45) is 0 Å². The van der Waals surface area contributed by atoms with E-state index in [0.29, 0.717) is 24.5 Å². The van der Waals surface area contributed by atoms with E-state index in [2.05, 4.69) is 27.6 Å². The van der Waals surface area contributed by atoms with E-state index in [4.69, 9.17) is 0 Å². The van der Waals surface area contributed by atoms with E-state index in [1.165, 1.54) is 6.92 Å². The fourth-order valence-electron chi connectivity index (χ4n) is 2.84. The highest BCUT2D eigenvalue weighted by molar-refractivity contribution is 5.93. The lowest BCUT2D eigenvalue weighted by molar-refractivity contribution is -0.114. The molecule has 136 valence electrons. The maximum atomic E-state index is 12.7. The van der Waals surface area contributed by atoms with Gasteiger partial charge < -0.3 is 20.4 Å². The van der Waals surface area contributed by atoms with Gasteiger partial charge in [0.2, 0.25) is 5.91 Å². The van der Waals surface area contributed by atoms with E-state index >= 15 is 0 Å². The monoisotopic (exact) mass is 353 g/mol. The van der Waals surface area contributed by atoms with Crippen LogP contribution in [-0.4, -0.2) is 59.8 Å². The fraction of sp³-hybridized carbons (Fsp3) is 0.316. The summed E-state index contributed by atoms with van der Waals surface area (Å²) in [5, 5.41) is 6.00. The lowest BCUT2D eigenvalue weighted by Crippen LogP contribution is -2.47. The largest absolute Gasteiger partial charge is 0.355 e. The van der Waals surface area contributed by atoms with Gasteiger partial charge in [0.05, 0.1) is 0 Å². The third-order valence-electron chi connectivity index (χ3n) is 4.24. The van der Waals surface area contributed by atoms with Crippen LogP contribution in [0, 0.1) is 0 Å². The average Bonchev–Trinajstić information content (AvgIpc) is 2.62. The summed E-state index contributed by atoms with van der Waals surface area (Å²) in [6.45, 7) is 4.65. The van der Waals surface area contributed by atoms with Crippen LogP contribution >= 0.6 is 0 Å². The number of nitrogens with zero attached hydrogens (tertiary/aromatic N) is 3. The molecule has 2 heterocycles. The second-order valence-corrected chi connectivity index (χ2v) is 6.41. The maximum absolute atomic E-state index is 12.7. The smallest absolute Gasteiger partial charge is 0.272 e. The summed E-state index contributed by atoms with van der Waals surface area (Å²) in [6, 6.07) is 11.0. The summed E-state index contributed by atoms with van der Waals surface area (Å²) in [5.41, 5.74) is 2.74. The number of carbonyl (C=O) groups excluding carboxylic acids is 2. The number of hydrogen-bond donors (Lipinski definition) is 2. The van der Waals surface area contributed by atoms with E-state index in [9.17, 15) is 9.59 Å². The SMILES string of the molecule is CC(=O)Nc1cccc(Nc2ccnc(C(=O)N3CCN(C)CC3)c2)c1. The number of aromatic nitrogens is 1. The number of amides is 2. The van der Waals surface area contributed by atoms with Crippen molar-refractivity contribution in [2.75, 3.05) is 43.9 Å². The van der Waals surface area contributed by atoms with Crippen LogP contribution in [0.2, 0.25) is 0 Å². The van der Waals surface area contributed by atoms with Crippen molar-refractivity contribution in [3.63, 3.8) is 0 Å². The van der Waals surface area contributed by atoms with Crippen molar-refractivity contribution >= 4 is 28.9 Å². The topological polar surface area (TPSA) is 77.6 Å². The van der Waals surface area contributed by atoms with Crippen LogP contribution in [0.25, 0.3) is 0 Å². The van der Waals surface area contributed by atoms with Crippen LogP contribution in [0.15, 0.2) is 42.6 Å². The van der Waals surface area contributed by atoms with Gasteiger partial charge in [0.15, 0.2) is 0 Å². The molecule has 0 aliphatic carbocycles. The Balaban J connectivity index is 1.71. The molecule has 26 heavy (non-hydrogen) atoms. The number of pyridine rings is 1. The zero-order valence-corrected chi connectivity index (χ0v) is 15.0. The lowest BCUT2D eigenvalue weighted by atomic mass is 10.2. The van der Waals surface area contributed by atoms with Crippen molar-refractivity contribution in [3.8, 4) is 0 Å². The molecule has 1 aliphatic rings. The number of hydrogen-bond acceptors (Lipinski definition) is 5. The summed E-state index contributed by atoms with van der Waals surface area (Å²) in [4.78, 5) is 32.1. The van der Waals surface area contributed by atoms with E-state index in [1.54, 1.807) is 12.3 Å². The average molecular weight is 353 g/mol. The van der Waals surface area contributed by atoms with Crippen molar-refractivity contribution < 1.29 is 9.59 Å². The number of piperazine rings is 1. The molecule has 2 aromatic rings. The number of rotatable bonds is 4. The molecule has 1 aromatic carbocycles. The van der Waals surface area contributed by atoms with Crippen molar-refractivity contribution in [1.29, 1.82) is 0 Å². The molecule has 7 heteroatoms. The standard InChI is InChI=1S/C19H23N5O2/c1-14(25)21-15-4-3-5-16(12-15)22-17-6-7-20-18(13-17)19(26)24-10-8-23(2)9-11-24/h3-7,12-13H,8-11H2,1-2H3,(H,20,22)(H,21,25). The first-order valence-corrected chi connectivity index (χ1v) is 8.60. The Hall–Kier alpha value is -2.93. The van der Waals surface area contributed by atoms with Gasteiger partial charge in [-0.15, -0.1) is 0 Å². The van der Waals surface area contributed by atoms with Gasteiger partial charge in [0.1, 0.15) is 5.69 Å². The van der Waals surface area contributed by atoms with Gasteiger partial charge in [-0.25, -0.2) is 0 Å². The van der Waals surface area contributed by atoms with Crippen LogP contribution in [0.3, 0.4) is 0 Å². The molecule has 1 aliphatic heterocycles. The molecule has 0 bridgehead atoms. The quantitative estimate of drug-likeness (QED) is 0.881. The summed E-state index contributed by atoms with van der Waals surface area (Å²) in [6.07, 6.45) is 1.63. The normalized spacial score (nSPS) is 14.8. The Labute approximate surface area is 153 Å². The third-order valence-corrected chi connectivity index (χ3v) is 4.24. The molecule has 1 fully saturated rings. The molecule has 0 spiro atoms. The molecular formula is C19H23N5O2. The number of benzene rings is 1. The fourth-order valence-corrected chi connectivity index (χ4v) is 2.84. The van der Waals surface area contributed by atoms with E-state index in [-0.39, 0.29) is 11.8 Å². The molecule has 1 saturated heterocycles. The third kappa shape index (κ3) is 4.58. The number of nitrogens with one attached hydrogen (secondary N) is 2. The molecule has 3 rings (SSSR count). The molecule has 0 atom stereocenters. The van der Waals surface area contributed by atoms with Gasteiger partial charge in [-0.3, -0.25) is 14.6 Å². The Morgan fingerprint density at radius 1 is 1.00 bits per heavy atom.